The number of hydrogen-bond donors (Lipinski definition) is 3. The van der Waals surface area contributed by atoms with Crippen LogP contribution in [0.1, 0.15) is 21.0 Å². The van der Waals surface area contributed by atoms with Crippen LogP contribution in [-0.2, 0) is 0 Å². The Kier molecular flexibility index (Phi) is 6.60. The van der Waals surface area contributed by atoms with E-state index in [0.717, 1.165) is 13.1 Å². The monoisotopic (exact) mass is 429 g/mol. The molecule has 3 aromatic heterocycles. The molecule has 1 aliphatic rings. The highest BCUT2D eigenvalue weighted by molar-refractivity contribution is 6.05. The van der Waals surface area contributed by atoms with Gasteiger partial charge in [0.2, 0.25) is 0 Å². The van der Waals surface area contributed by atoms with E-state index in [9.17, 15) is 9.59 Å². The predicted octanol–water partition coefficient (Wildman–Crippen LogP) is 1.43. The molecule has 0 spiro atoms. The first kappa shape index (κ1) is 21.2. The summed E-state index contributed by atoms with van der Waals surface area (Å²) in [5, 5.41) is 5.86. The van der Waals surface area contributed by atoms with Gasteiger partial charge in [0, 0.05) is 32.4 Å². The van der Waals surface area contributed by atoms with E-state index in [4.69, 9.17) is 10.2 Å². The lowest BCUT2D eigenvalue weighted by molar-refractivity contribution is 0.0704. The molecule has 0 saturated carbocycles. The fourth-order valence-electron chi connectivity index (χ4n) is 2.93. The van der Waals surface area contributed by atoms with E-state index < -0.39 is 5.91 Å². The fraction of sp³-hybridized carbons (Fsp3) is 0.211. The highest BCUT2D eigenvalue weighted by Gasteiger charge is 2.22. The van der Waals surface area contributed by atoms with Crippen LogP contribution >= 0.6 is 12.4 Å². The molecule has 0 atom stereocenters. The minimum atomic E-state index is -0.520. The lowest BCUT2D eigenvalue weighted by Crippen LogP contribution is -2.46. The van der Waals surface area contributed by atoms with Crippen LogP contribution in [0.5, 0.6) is 0 Å². The van der Waals surface area contributed by atoms with Gasteiger partial charge in [-0.25, -0.2) is 9.97 Å². The quantitative estimate of drug-likeness (QED) is 0.566. The van der Waals surface area contributed by atoms with Crippen LogP contribution in [0, 0.1) is 0 Å². The second-order valence-corrected chi connectivity index (χ2v) is 6.39. The summed E-state index contributed by atoms with van der Waals surface area (Å²) in [6.45, 7) is 2.74. The number of furan rings is 1. The molecule has 4 rings (SSSR count). The Bertz CT molecular complexity index is 1040. The van der Waals surface area contributed by atoms with Gasteiger partial charge in [0.05, 0.1) is 18.1 Å². The third-order valence-corrected chi connectivity index (χ3v) is 4.41. The van der Waals surface area contributed by atoms with Gasteiger partial charge in [0.1, 0.15) is 5.69 Å². The van der Waals surface area contributed by atoms with Crippen molar-refractivity contribution in [1.29, 1.82) is 0 Å². The van der Waals surface area contributed by atoms with Crippen molar-refractivity contribution in [3.8, 4) is 11.5 Å². The van der Waals surface area contributed by atoms with E-state index in [-0.39, 0.29) is 35.6 Å². The molecule has 2 amide bonds. The molecule has 10 nitrogen and oxygen atoms in total. The highest BCUT2D eigenvalue weighted by Crippen LogP contribution is 2.23. The highest BCUT2D eigenvalue weighted by atomic mass is 35.5. The molecule has 1 aliphatic heterocycles. The van der Waals surface area contributed by atoms with Gasteiger partial charge in [-0.3, -0.25) is 14.6 Å². The second kappa shape index (κ2) is 9.33. The van der Waals surface area contributed by atoms with Crippen molar-refractivity contribution in [3.05, 3.63) is 54.3 Å². The standard InChI is InChI=1S/C19H19N7O3.ClH/c20-17-16(18(27)24-12-2-1-5-22-10-12)25-13(11-23-17)14-3-4-15(29-14)19(28)26-8-6-21-7-9-26;/h1-5,10-11,21H,6-9H2,(H2,20,23)(H,24,27);1H. The molecular weight excluding hydrogens is 410 g/mol. The molecule has 0 unspecified atom stereocenters. The Morgan fingerprint density at radius 2 is 1.97 bits per heavy atom. The smallest absolute Gasteiger partial charge is 0.289 e. The zero-order valence-electron chi connectivity index (χ0n) is 15.9. The zero-order chi connectivity index (χ0) is 20.2. The lowest BCUT2D eigenvalue weighted by atomic mass is 10.3. The summed E-state index contributed by atoms with van der Waals surface area (Å²) in [5.41, 5.74) is 6.59. The van der Waals surface area contributed by atoms with Crippen LogP contribution in [0.3, 0.4) is 0 Å². The molecular formula is C19H20ClN7O3. The van der Waals surface area contributed by atoms with Crippen LogP contribution < -0.4 is 16.4 Å². The van der Waals surface area contributed by atoms with Gasteiger partial charge in [-0.05, 0) is 24.3 Å². The van der Waals surface area contributed by atoms with Crippen molar-refractivity contribution < 1.29 is 14.0 Å². The summed E-state index contributed by atoms with van der Waals surface area (Å²) in [6.07, 6.45) is 4.50. The number of nitrogens with two attached hydrogens (primary N) is 1. The van der Waals surface area contributed by atoms with Crippen LogP contribution in [0.25, 0.3) is 11.5 Å². The van der Waals surface area contributed by atoms with Gasteiger partial charge in [-0.1, -0.05) is 0 Å². The molecule has 1 saturated heterocycles. The largest absolute Gasteiger partial charge is 0.449 e. The van der Waals surface area contributed by atoms with Crippen LogP contribution in [0.4, 0.5) is 11.5 Å². The SMILES string of the molecule is Cl.Nc1ncc(-c2ccc(C(=O)N3CCNCC3)o2)nc1C(=O)Nc1cccnc1. The molecule has 30 heavy (non-hydrogen) atoms. The number of hydrogen-bond acceptors (Lipinski definition) is 8. The Morgan fingerprint density at radius 1 is 1.17 bits per heavy atom. The molecule has 0 radical (unpaired) electrons. The number of nitrogens with one attached hydrogen (secondary N) is 2. The summed E-state index contributed by atoms with van der Waals surface area (Å²) < 4.78 is 5.68. The van der Waals surface area contributed by atoms with E-state index in [2.05, 4.69) is 25.6 Å². The Labute approximate surface area is 178 Å². The fourth-order valence-corrected chi connectivity index (χ4v) is 2.93. The minimum Gasteiger partial charge on any atom is -0.449 e. The maximum absolute atomic E-state index is 12.6. The zero-order valence-corrected chi connectivity index (χ0v) is 16.7. The number of pyridine rings is 1. The van der Waals surface area contributed by atoms with Crippen molar-refractivity contribution in [2.24, 2.45) is 0 Å². The molecule has 4 heterocycles. The Hall–Kier alpha value is -3.50. The average Bonchev–Trinajstić information content (AvgIpc) is 3.25. The number of nitrogen functional groups attached to an aromatic ring is 1. The topological polar surface area (TPSA) is 139 Å². The number of nitrogens with zero attached hydrogens (tertiary/aromatic N) is 4. The number of anilines is 2. The van der Waals surface area contributed by atoms with Crippen molar-refractivity contribution in [2.75, 3.05) is 37.2 Å². The minimum absolute atomic E-state index is 0. The van der Waals surface area contributed by atoms with Crippen LogP contribution in [-0.4, -0.2) is 57.8 Å². The maximum atomic E-state index is 12.6. The number of carbonyl (C=O) groups excluding carboxylic acids is 2. The molecule has 0 aliphatic carbocycles. The van der Waals surface area contributed by atoms with Gasteiger partial charge in [-0.2, -0.15) is 0 Å². The van der Waals surface area contributed by atoms with Crippen LogP contribution in [0.2, 0.25) is 0 Å². The van der Waals surface area contributed by atoms with Gasteiger partial charge < -0.3 is 25.7 Å². The number of carbonyl (C=O) groups is 2. The van der Waals surface area contributed by atoms with Gasteiger partial charge in [0.25, 0.3) is 11.8 Å². The number of halogens is 1. The van der Waals surface area contributed by atoms with E-state index in [1.54, 1.807) is 35.4 Å². The second-order valence-electron chi connectivity index (χ2n) is 6.39. The lowest BCUT2D eigenvalue weighted by Gasteiger charge is -2.26. The first-order valence-electron chi connectivity index (χ1n) is 9.06. The normalized spacial score (nSPS) is 13.4. The molecule has 156 valence electrons. The van der Waals surface area contributed by atoms with E-state index in [1.165, 1.54) is 12.4 Å². The molecule has 11 heteroatoms. The van der Waals surface area contributed by atoms with E-state index in [1.807, 2.05) is 0 Å². The van der Waals surface area contributed by atoms with E-state index >= 15 is 0 Å². The molecule has 0 aromatic carbocycles. The summed E-state index contributed by atoms with van der Waals surface area (Å²) >= 11 is 0. The molecule has 4 N–H and O–H groups in total. The summed E-state index contributed by atoms with van der Waals surface area (Å²) in [5.74, 6) is -0.184. The summed E-state index contributed by atoms with van der Waals surface area (Å²) in [7, 11) is 0. The van der Waals surface area contributed by atoms with Crippen molar-refractivity contribution in [3.63, 3.8) is 0 Å². The van der Waals surface area contributed by atoms with Crippen molar-refractivity contribution >= 4 is 35.7 Å². The number of amides is 2. The molecule has 0 bridgehead atoms. The average molecular weight is 430 g/mol. The van der Waals surface area contributed by atoms with Crippen molar-refractivity contribution in [2.45, 2.75) is 0 Å². The number of rotatable bonds is 4. The third kappa shape index (κ3) is 4.56. The number of aromatic nitrogens is 3. The van der Waals surface area contributed by atoms with Gasteiger partial charge in [0.15, 0.2) is 23.0 Å². The van der Waals surface area contributed by atoms with Crippen molar-refractivity contribution in [1.82, 2.24) is 25.2 Å². The summed E-state index contributed by atoms with van der Waals surface area (Å²) in [6, 6.07) is 6.60. The van der Waals surface area contributed by atoms with Gasteiger partial charge in [-0.15, -0.1) is 12.4 Å². The third-order valence-electron chi connectivity index (χ3n) is 4.41. The summed E-state index contributed by atoms with van der Waals surface area (Å²) in [4.78, 5) is 39.1. The predicted molar refractivity (Wildman–Crippen MR) is 112 cm³/mol. The Morgan fingerprint density at radius 3 is 2.70 bits per heavy atom. The van der Waals surface area contributed by atoms with E-state index in [0.29, 0.717) is 30.2 Å². The molecule has 1 fully saturated rings. The number of piperazine rings is 1. The molecule has 3 aromatic rings. The van der Waals surface area contributed by atoms with Crippen LogP contribution in [0.15, 0.2) is 47.3 Å². The van der Waals surface area contributed by atoms with Gasteiger partial charge >= 0.3 is 0 Å². The first-order valence-corrected chi connectivity index (χ1v) is 9.06. The maximum Gasteiger partial charge on any atom is 0.289 e. The Balaban J connectivity index is 0.00000256. The first-order chi connectivity index (χ1) is 14.1.